The van der Waals surface area contributed by atoms with Crippen molar-refractivity contribution < 1.29 is 14.7 Å². The molecule has 2 atom stereocenters. The minimum Gasteiger partial charge on any atom is -0.481 e. The molecular formula is C15H18Cl2N2O3. The van der Waals surface area contributed by atoms with E-state index >= 15 is 0 Å². The summed E-state index contributed by atoms with van der Waals surface area (Å²) in [6.45, 7) is 2.61. The third-order valence-corrected chi connectivity index (χ3v) is 4.32. The lowest BCUT2D eigenvalue weighted by Crippen LogP contribution is -2.43. The average molecular weight is 345 g/mol. The van der Waals surface area contributed by atoms with Crippen LogP contribution in [0.25, 0.3) is 0 Å². The number of carboxylic acids is 1. The van der Waals surface area contributed by atoms with E-state index in [1.807, 2.05) is 13.0 Å². The van der Waals surface area contributed by atoms with Crippen LogP contribution in [-0.4, -0.2) is 41.1 Å². The van der Waals surface area contributed by atoms with Crippen molar-refractivity contribution >= 4 is 35.2 Å². The van der Waals surface area contributed by atoms with E-state index in [4.69, 9.17) is 28.3 Å². The average Bonchev–Trinajstić information content (AvgIpc) is 2.92. The molecule has 7 heteroatoms. The van der Waals surface area contributed by atoms with Crippen LogP contribution in [0.1, 0.15) is 18.9 Å². The zero-order chi connectivity index (χ0) is 16.3. The number of carbonyl (C=O) groups is 2. The smallest absolute Gasteiger partial charge is 0.317 e. The minimum absolute atomic E-state index is 0.116. The topological polar surface area (TPSA) is 69.6 Å². The predicted octanol–water partition coefficient (Wildman–Crippen LogP) is 3.04. The molecule has 0 aliphatic carbocycles. The van der Waals surface area contributed by atoms with Gasteiger partial charge in [0.1, 0.15) is 0 Å². The van der Waals surface area contributed by atoms with Gasteiger partial charge >= 0.3 is 12.0 Å². The summed E-state index contributed by atoms with van der Waals surface area (Å²) in [4.78, 5) is 24.6. The molecule has 22 heavy (non-hydrogen) atoms. The van der Waals surface area contributed by atoms with Gasteiger partial charge in [-0.15, -0.1) is 0 Å². The lowest BCUT2D eigenvalue weighted by atomic mass is 10.1. The largest absolute Gasteiger partial charge is 0.481 e. The fourth-order valence-electron chi connectivity index (χ4n) is 2.52. The molecular weight excluding hydrogens is 327 g/mol. The molecule has 0 bridgehead atoms. The SMILES string of the molecule is CC(Cc1ccc(Cl)cc1Cl)NC(=O)N1CCC(C(=O)O)C1. The molecule has 1 aromatic carbocycles. The van der Waals surface area contributed by atoms with Gasteiger partial charge in [-0.1, -0.05) is 29.3 Å². The third kappa shape index (κ3) is 4.27. The number of nitrogens with zero attached hydrogens (tertiary/aromatic N) is 1. The number of urea groups is 1. The Morgan fingerprint density at radius 2 is 2.18 bits per heavy atom. The van der Waals surface area contributed by atoms with E-state index in [9.17, 15) is 9.59 Å². The first-order valence-electron chi connectivity index (χ1n) is 7.09. The summed E-state index contributed by atoms with van der Waals surface area (Å²) in [5, 5.41) is 13.0. The van der Waals surface area contributed by atoms with Crippen molar-refractivity contribution in [1.82, 2.24) is 10.2 Å². The highest BCUT2D eigenvalue weighted by atomic mass is 35.5. The van der Waals surface area contributed by atoms with Crippen molar-refractivity contribution in [2.75, 3.05) is 13.1 Å². The van der Waals surface area contributed by atoms with Crippen molar-refractivity contribution in [2.24, 2.45) is 5.92 Å². The highest BCUT2D eigenvalue weighted by Crippen LogP contribution is 2.22. The van der Waals surface area contributed by atoms with Crippen LogP contribution in [0.2, 0.25) is 10.0 Å². The Bertz CT molecular complexity index is 580. The molecule has 1 saturated heterocycles. The molecule has 1 heterocycles. The second-order valence-electron chi connectivity index (χ2n) is 5.56. The first-order chi connectivity index (χ1) is 10.4. The first-order valence-corrected chi connectivity index (χ1v) is 7.84. The van der Waals surface area contributed by atoms with E-state index in [2.05, 4.69) is 5.32 Å². The number of carbonyl (C=O) groups excluding carboxylic acids is 1. The van der Waals surface area contributed by atoms with Gasteiger partial charge in [0.05, 0.1) is 5.92 Å². The molecule has 1 aromatic rings. The van der Waals surface area contributed by atoms with Gasteiger partial charge in [0.25, 0.3) is 0 Å². The Morgan fingerprint density at radius 3 is 2.77 bits per heavy atom. The van der Waals surface area contributed by atoms with Crippen molar-refractivity contribution in [3.8, 4) is 0 Å². The molecule has 5 nitrogen and oxygen atoms in total. The van der Waals surface area contributed by atoms with Crippen molar-refractivity contribution in [2.45, 2.75) is 25.8 Å². The van der Waals surface area contributed by atoms with Gasteiger partial charge in [-0.05, 0) is 37.5 Å². The van der Waals surface area contributed by atoms with E-state index in [1.54, 1.807) is 17.0 Å². The Morgan fingerprint density at radius 1 is 1.45 bits per heavy atom. The van der Waals surface area contributed by atoms with Gasteiger partial charge in [-0.3, -0.25) is 4.79 Å². The Kier molecular flexibility index (Phi) is 5.53. The maximum absolute atomic E-state index is 12.1. The Balaban J connectivity index is 1.88. The summed E-state index contributed by atoms with van der Waals surface area (Å²) in [5.41, 5.74) is 0.906. The lowest BCUT2D eigenvalue weighted by molar-refractivity contribution is -0.141. The van der Waals surface area contributed by atoms with Gasteiger partial charge in [-0.2, -0.15) is 0 Å². The number of hydrogen-bond acceptors (Lipinski definition) is 2. The summed E-state index contributed by atoms with van der Waals surface area (Å²) in [6.07, 6.45) is 1.08. The minimum atomic E-state index is -0.851. The van der Waals surface area contributed by atoms with Crippen molar-refractivity contribution in [3.63, 3.8) is 0 Å². The summed E-state index contributed by atoms with van der Waals surface area (Å²) >= 11 is 12.0. The van der Waals surface area contributed by atoms with E-state index in [0.717, 1.165) is 5.56 Å². The van der Waals surface area contributed by atoms with Crippen LogP contribution in [0, 0.1) is 5.92 Å². The van der Waals surface area contributed by atoms with Gasteiger partial charge in [-0.25, -0.2) is 4.79 Å². The number of aliphatic carboxylic acids is 1. The maximum Gasteiger partial charge on any atom is 0.317 e. The van der Waals surface area contributed by atoms with Gasteiger partial charge in [0, 0.05) is 29.2 Å². The quantitative estimate of drug-likeness (QED) is 0.881. The fraction of sp³-hybridized carbons (Fsp3) is 0.467. The number of benzene rings is 1. The van der Waals surface area contributed by atoms with Crippen LogP contribution in [0.5, 0.6) is 0 Å². The van der Waals surface area contributed by atoms with Gasteiger partial charge in [0.2, 0.25) is 0 Å². The highest BCUT2D eigenvalue weighted by molar-refractivity contribution is 6.35. The predicted molar refractivity (Wildman–Crippen MR) is 85.5 cm³/mol. The highest BCUT2D eigenvalue weighted by Gasteiger charge is 2.31. The van der Waals surface area contributed by atoms with Crippen LogP contribution in [0.4, 0.5) is 4.79 Å². The number of likely N-dealkylation sites (tertiary alicyclic amines) is 1. The number of halogens is 2. The number of hydrogen-bond donors (Lipinski definition) is 2. The van der Waals surface area contributed by atoms with Crippen LogP contribution in [-0.2, 0) is 11.2 Å². The Labute approximate surface area is 139 Å². The van der Waals surface area contributed by atoms with E-state index < -0.39 is 11.9 Å². The van der Waals surface area contributed by atoms with Crippen LogP contribution in [0.3, 0.4) is 0 Å². The molecule has 2 N–H and O–H groups in total. The van der Waals surface area contributed by atoms with Crippen LogP contribution in [0.15, 0.2) is 18.2 Å². The van der Waals surface area contributed by atoms with Gasteiger partial charge in [0.15, 0.2) is 0 Å². The number of carboxylic acid groups (broad SMARTS) is 1. The monoisotopic (exact) mass is 344 g/mol. The number of rotatable bonds is 4. The summed E-state index contributed by atoms with van der Waals surface area (Å²) < 4.78 is 0. The molecule has 1 aliphatic rings. The van der Waals surface area contributed by atoms with E-state index in [1.165, 1.54) is 0 Å². The van der Waals surface area contributed by atoms with Crippen molar-refractivity contribution in [3.05, 3.63) is 33.8 Å². The van der Waals surface area contributed by atoms with E-state index in [-0.39, 0.29) is 18.6 Å². The second kappa shape index (κ2) is 7.20. The molecule has 1 aliphatic heterocycles. The standard InChI is InChI=1S/C15H18Cl2N2O3/c1-9(6-10-2-3-12(16)7-13(10)17)18-15(22)19-5-4-11(8-19)14(20)21/h2-3,7,9,11H,4-6,8H2,1H3,(H,18,22)(H,20,21). The number of nitrogens with one attached hydrogen (secondary N) is 1. The lowest BCUT2D eigenvalue weighted by Gasteiger charge is -2.21. The summed E-state index contributed by atoms with van der Waals surface area (Å²) in [6, 6.07) is 4.92. The summed E-state index contributed by atoms with van der Waals surface area (Å²) in [7, 11) is 0. The zero-order valence-corrected chi connectivity index (χ0v) is 13.7. The molecule has 2 amide bonds. The summed E-state index contributed by atoms with van der Waals surface area (Å²) in [5.74, 6) is -1.32. The van der Waals surface area contributed by atoms with Gasteiger partial charge < -0.3 is 15.3 Å². The fourth-order valence-corrected chi connectivity index (χ4v) is 3.00. The molecule has 0 aromatic heterocycles. The molecule has 1 fully saturated rings. The molecule has 120 valence electrons. The maximum atomic E-state index is 12.1. The van der Waals surface area contributed by atoms with Crippen LogP contribution < -0.4 is 5.32 Å². The number of amides is 2. The molecule has 0 saturated carbocycles. The molecule has 0 radical (unpaired) electrons. The van der Waals surface area contributed by atoms with Crippen LogP contribution >= 0.6 is 23.2 Å². The zero-order valence-electron chi connectivity index (χ0n) is 12.2. The molecule has 2 rings (SSSR count). The molecule has 2 unspecified atom stereocenters. The first kappa shape index (κ1) is 16.9. The van der Waals surface area contributed by atoms with E-state index in [0.29, 0.717) is 29.4 Å². The normalized spacial score (nSPS) is 19.0. The second-order valence-corrected chi connectivity index (χ2v) is 6.40. The Hall–Kier alpha value is -1.46. The third-order valence-electron chi connectivity index (χ3n) is 3.74. The molecule has 0 spiro atoms. The van der Waals surface area contributed by atoms with Crippen molar-refractivity contribution in [1.29, 1.82) is 0 Å².